The van der Waals surface area contributed by atoms with Crippen LogP contribution < -0.4 is 21.1 Å². The van der Waals surface area contributed by atoms with Gasteiger partial charge in [0.25, 0.3) is 5.91 Å². The van der Waals surface area contributed by atoms with E-state index in [1.807, 2.05) is 0 Å². The number of unbranched alkanes of at least 4 members (excludes halogenated alkanes) is 2. The highest BCUT2D eigenvalue weighted by molar-refractivity contribution is 7.80. The normalized spacial score (nSPS) is 10.1. The van der Waals surface area contributed by atoms with Crippen LogP contribution in [0.2, 0.25) is 0 Å². The summed E-state index contributed by atoms with van der Waals surface area (Å²) in [4.78, 5) is 23.5. The zero-order valence-corrected chi connectivity index (χ0v) is 16.0. The van der Waals surface area contributed by atoms with E-state index in [-0.39, 0.29) is 11.0 Å². The predicted octanol–water partition coefficient (Wildman–Crippen LogP) is 3.48. The van der Waals surface area contributed by atoms with Crippen molar-refractivity contribution in [2.45, 2.75) is 26.2 Å². The minimum absolute atomic E-state index is 0.126. The van der Waals surface area contributed by atoms with Crippen molar-refractivity contribution in [3.63, 3.8) is 0 Å². The van der Waals surface area contributed by atoms with Crippen molar-refractivity contribution in [3.05, 3.63) is 59.7 Å². The van der Waals surface area contributed by atoms with Gasteiger partial charge in [0, 0.05) is 16.8 Å². The van der Waals surface area contributed by atoms with Crippen LogP contribution in [0.15, 0.2) is 48.5 Å². The minimum atomic E-state index is -0.536. The van der Waals surface area contributed by atoms with Gasteiger partial charge in [0.2, 0.25) is 5.91 Å². The van der Waals surface area contributed by atoms with E-state index in [2.05, 4.69) is 17.6 Å². The lowest BCUT2D eigenvalue weighted by Crippen LogP contribution is -2.34. The van der Waals surface area contributed by atoms with Crippen molar-refractivity contribution >= 4 is 34.8 Å². The summed E-state index contributed by atoms with van der Waals surface area (Å²) in [6, 6.07) is 13.4. The van der Waals surface area contributed by atoms with Crippen LogP contribution in [0.3, 0.4) is 0 Å². The summed E-state index contributed by atoms with van der Waals surface area (Å²) in [5.41, 5.74) is 6.63. The molecule has 0 unspecified atom stereocenters. The highest BCUT2D eigenvalue weighted by Gasteiger charge is 2.09. The van der Waals surface area contributed by atoms with Crippen molar-refractivity contribution in [3.8, 4) is 5.75 Å². The molecule has 0 saturated carbocycles. The Morgan fingerprint density at radius 3 is 2.48 bits per heavy atom. The number of thiocarbonyl (C=S) groups is 1. The fraction of sp³-hybridized carbons (Fsp3) is 0.250. The second-order valence-corrected chi connectivity index (χ2v) is 6.34. The summed E-state index contributed by atoms with van der Waals surface area (Å²) in [6.45, 7) is 2.80. The van der Waals surface area contributed by atoms with Crippen LogP contribution in [0.1, 0.15) is 46.9 Å². The molecule has 2 amide bonds. The molecule has 0 bridgehead atoms. The molecule has 2 aromatic rings. The van der Waals surface area contributed by atoms with Crippen molar-refractivity contribution < 1.29 is 14.3 Å². The standard InChI is InChI=1S/C20H23N3O3S/c1-2-3-4-12-26-17-10-8-14(9-11-17)19(25)23-20(27)22-16-7-5-6-15(13-16)18(21)24/h5-11,13H,2-4,12H2,1H3,(H2,21,24)(H2,22,23,25,27). The van der Waals surface area contributed by atoms with E-state index in [9.17, 15) is 9.59 Å². The molecule has 2 aromatic carbocycles. The quantitative estimate of drug-likeness (QED) is 0.478. The number of nitrogens with two attached hydrogens (primary N) is 1. The number of primary amides is 1. The van der Waals surface area contributed by atoms with Gasteiger partial charge in [-0.2, -0.15) is 0 Å². The van der Waals surface area contributed by atoms with Gasteiger partial charge in [-0.1, -0.05) is 25.8 Å². The Labute approximate surface area is 164 Å². The Balaban J connectivity index is 1.87. The van der Waals surface area contributed by atoms with E-state index in [1.54, 1.807) is 48.5 Å². The number of amides is 2. The number of carbonyl (C=O) groups excluding carboxylic acids is 2. The molecule has 0 atom stereocenters. The Kier molecular flexibility index (Phi) is 7.76. The molecule has 0 spiro atoms. The molecule has 0 fully saturated rings. The number of hydrogen-bond acceptors (Lipinski definition) is 4. The molecule has 0 aliphatic carbocycles. The van der Waals surface area contributed by atoms with Crippen LogP contribution in [-0.2, 0) is 0 Å². The van der Waals surface area contributed by atoms with E-state index < -0.39 is 5.91 Å². The molecular weight excluding hydrogens is 362 g/mol. The van der Waals surface area contributed by atoms with Crippen LogP contribution in [0, 0.1) is 0 Å². The molecule has 0 heterocycles. The molecule has 4 N–H and O–H groups in total. The van der Waals surface area contributed by atoms with E-state index in [0.29, 0.717) is 23.4 Å². The predicted molar refractivity (Wildman–Crippen MR) is 110 cm³/mol. The van der Waals surface area contributed by atoms with Crippen molar-refractivity contribution in [1.82, 2.24) is 5.32 Å². The number of hydrogen-bond donors (Lipinski definition) is 3. The first-order chi connectivity index (χ1) is 13.0. The maximum atomic E-state index is 12.3. The lowest BCUT2D eigenvalue weighted by Gasteiger charge is -2.11. The molecule has 6 nitrogen and oxygen atoms in total. The van der Waals surface area contributed by atoms with Gasteiger partial charge in [-0.3, -0.25) is 14.9 Å². The fourth-order valence-corrected chi connectivity index (χ4v) is 2.54. The first-order valence-corrected chi connectivity index (χ1v) is 9.15. The number of ether oxygens (including phenoxy) is 1. The monoisotopic (exact) mass is 385 g/mol. The van der Waals surface area contributed by atoms with Gasteiger partial charge in [-0.05, 0) is 61.1 Å². The number of rotatable bonds is 8. The molecule has 7 heteroatoms. The first kappa shape index (κ1) is 20.4. The smallest absolute Gasteiger partial charge is 0.257 e. The number of anilines is 1. The molecule has 0 aliphatic heterocycles. The van der Waals surface area contributed by atoms with Gasteiger partial charge >= 0.3 is 0 Å². The fourth-order valence-electron chi connectivity index (χ4n) is 2.33. The van der Waals surface area contributed by atoms with Crippen molar-refractivity contribution in [1.29, 1.82) is 0 Å². The first-order valence-electron chi connectivity index (χ1n) is 8.74. The zero-order valence-electron chi connectivity index (χ0n) is 15.2. The molecule has 0 radical (unpaired) electrons. The van der Waals surface area contributed by atoms with Crippen LogP contribution in [0.4, 0.5) is 5.69 Å². The SMILES string of the molecule is CCCCCOc1ccc(C(=O)NC(=S)Nc2cccc(C(N)=O)c2)cc1. The lowest BCUT2D eigenvalue weighted by molar-refractivity contribution is 0.0974. The van der Waals surface area contributed by atoms with Crippen molar-refractivity contribution in [2.24, 2.45) is 5.73 Å². The van der Waals surface area contributed by atoms with Gasteiger partial charge in [0.05, 0.1) is 6.61 Å². The average Bonchev–Trinajstić information content (AvgIpc) is 2.65. The van der Waals surface area contributed by atoms with Crippen LogP contribution in [-0.4, -0.2) is 23.5 Å². The van der Waals surface area contributed by atoms with Gasteiger partial charge in [0.15, 0.2) is 5.11 Å². The molecule has 2 rings (SSSR count). The van der Waals surface area contributed by atoms with Gasteiger partial charge in [-0.25, -0.2) is 0 Å². The summed E-state index contributed by atoms with van der Waals surface area (Å²) in [5, 5.41) is 5.58. The van der Waals surface area contributed by atoms with E-state index in [4.69, 9.17) is 22.7 Å². The lowest BCUT2D eigenvalue weighted by atomic mass is 10.2. The molecule has 27 heavy (non-hydrogen) atoms. The van der Waals surface area contributed by atoms with E-state index >= 15 is 0 Å². The Morgan fingerprint density at radius 2 is 1.81 bits per heavy atom. The highest BCUT2D eigenvalue weighted by Crippen LogP contribution is 2.13. The zero-order chi connectivity index (χ0) is 19.6. The summed E-state index contributed by atoms with van der Waals surface area (Å²) in [6.07, 6.45) is 3.28. The molecule has 0 aliphatic rings. The number of nitrogens with one attached hydrogen (secondary N) is 2. The van der Waals surface area contributed by atoms with Gasteiger partial charge in [0.1, 0.15) is 5.75 Å². The van der Waals surface area contributed by atoms with Crippen LogP contribution in [0.25, 0.3) is 0 Å². The summed E-state index contributed by atoms with van der Waals surface area (Å²) in [7, 11) is 0. The minimum Gasteiger partial charge on any atom is -0.494 e. The summed E-state index contributed by atoms with van der Waals surface area (Å²) >= 11 is 5.15. The van der Waals surface area contributed by atoms with Crippen molar-refractivity contribution in [2.75, 3.05) is 11.9 Å². The Bertz CT molecular complexity index is 806. The Morgan fingerprint density at radius 1 is 1.07 bits per heavy atom. The molecular formula is C20H23N3O3S. The maximum absolute atomic E-state index is 12.3. The Hall–Kier alpha value is -2.93. The van der Waals surface area contributed by atoms with E-state index in [1.165, 1.54) is 0 Å². The van der Waals surface area contributed by atoms with E-state index in [0.717, 1.165) is 25.0 Å². The largest absolute Gasteiger partial charge is 0.494 e. The third kappa shape index (κ3) is 6.71. The molecule has 0 saturated heterocycles. The number of benzene rings is 2. The third-order valence-electron chi connectivity index (χ3n) is 3.77. The molecule has 142 valence electrons. The third-order valence-corrected chi connectivity index (χ3v) is 3.97. The average molecular weight is 385 g/mol. The molecule has 0 aromatic heterocycles. The second-order valence-electron chi connectivity index (χ2n) is 5.93. The second kappa shape index (κ2) is 10.3. The van der Waals surface area contributed by atoms with Gasteiger partial charge < -0.3 is 15.8 Å². The highest BCUT2D eigenvalue weighted by atomic mass is 32.1. The van der Waals surface area contributed by atoms with Gasteiger partial charge in [-0.15, -0.1) is 0 Å². The maximum Gasteiger partial charge on any atom is 0.257 e. The topological polar surface area (TPSA) is 93.4 Å². The summed E-state index contributed by atoms with van der Waals surface area (Å²) < 4.78 is 5.63. The van der Waals surface area contributed by atoms with Crippen LogP contribution in [0.5, 0.6) is 5.75 Å². The van der Waals surface area contributed by atoms with Crippen LogP contribution >= 0.6 is 12.2 Å². The summed E-state index contributed by atoms with van der Waals surface area (Å²) in [5.74, 6) is -0.145. The number of carbonyl (C=O) groups is 2.